The number of anilines is 3. The van der Waals surface area contributed by atoms with E-state index in [1.54, 1.807) is 26.5 Å². The van der Waals surface area contributed by atoms with Gasteiger partial charge in [-0.3, -0.25) is 4.79 Å². The van der Waals surface area contributed by atoms with Crippen molar-refractivity contribution in [3.63, 3.8) is 0 Å². The zero-order chi connectivity index (χ0) is 19.9. The fourth-order valence-corrected chi connectivity index (χ4v) is 2.70. The van der Waals surface area contributed by atoms with Gasteiger partial charge in [-0.1, -0.05) is 29.8 Å². The minimum atomic E-state index is -0.100. The van der Waals surface area contributed by atoms with Crippen molar-refractivity contribution in [2.24, 2.45) is 0 Å². The van der Waals surface area contributed by atoms with Gasteiger partial charge in [0.1, 0.15) is 5.82 Å². The van der Waals surface area contributed by atoms with Gasteiger partial charge in [0.15, 0.2) is 11.5 Å². The lowest BCUT2D eigenvalue weighted by Gasteiger charge is -2.11. The van der Waals surface area contributed by atoms with Crippen LogP contribution in [0, 0.1) is 6.92 Å². The molecule has 6 heteroatoms. The molecule has 0 spiro atoms. The van der Waals surface area contributed by atoms with Gasteiger partial charge >= 0.3 is 0 Å². The third-order valence-electron chi connectivity index (χ3n) is 4.19. The zero-order valence-corrected chi connectivity index (χ0v) is 16.2. The molecule has 0 fully saturated rings. The minimum Gasteiger partial charge on any atom is -0.493 e. The molecule has 3 aromatic rings. The maximum absolute atomic E-state index is 12.2. The molecule has 1 amide bonds. The Balaban J connectivity index is 1.60. The summed E-state index contributed by atoms with van der Waals surface area (Å²) < 4.78 is 10.5. The summed E-state index contributed by atoms with van der Waals surface area (Å²) in [5.41, 5.74) is 3.78. The molecule has 0 atom stereocenters. The Morgan fingerprint density at radius 2 is 1.64 bits per heavy atom. The van der Waals surface area contributed by atoms with Gasteiger partial charge < -0.3 is 20.1 Å². The molecule has 0 aliphatic carbocycles. The summed E-state index contributed by atoms with van der Waals surface area (Å²) >= 11 is 0. The summed E-state index contributed by atoms with van der Waals surface area (Å²) in [4.78, 5) is 16.5. The van der Waals surface area contributed by atoms with Crippen molar-refractivity contribution in [2.75, 3.05) is 24.9 Å². The first-order valence-electron chi connectivity index (χ1n) is 8.88. The lowest BCUT2D eigenvalue weighted by atomic mass is 10.1. The number of nitrogens with zero attached hydrogens (tertiary/aromatic N) is 1. The molecule has 3 rings (SSSR count). The summed E-state index contributed by atoms with van der Waals surface area (Å²) in [6.45, 7) is 2.02. The smallest absolute Gasteiger partial charge is 0.229 e. The van der Waals surface area contributed by atoms with E-state index in [-0.39, 0.29) is 5.91 Å². The Labute approximate surface area is 164 Å². The van der Waals surface area contributed by atoms with E-state index in [1.165, 1.54) is 5.56 Å². The average Bonchev–Trinajstić information content (AvgIpc) is 2.71. The number of aromatic nitrogens is 1. The maximum atomic E-state index is 12.2. The van der Waals surface area contributed by atoms with Crippen LogP contribution in [-0.2, 0) is 11.2 Å². The lowest BCUT2D eigenvalue weighted by Crippen LogP contribution is -2.15. The molecule has 2 N–H and O–H groups in total. The van der Waals surface area contributed by atoms with Crippen molar-refractivity contribution in [2.45, 2.75) is 13.3 Å². The van der Waals surface area contributed by atoms with Gasteiger partial charge in [-0.05, 0) is 36.8 Å². The van der Waals surface area contributed by atoms with Gasteiger partial charge in [0.2, 0.25) is 5.91 Å². The molecule has 6 nitrogen and oxygen atoms in total. The van der Waals surface area contributed by atoms with Crippen LogP contribution in [0.15, 0.2) is 60.8 Å². The van der Waals surface area contributed by atoms with E-state index in [1.807, 2.05) is 55.5 Å². The van der Waals surface area contributed by atoms with Crippen LogP contribution in [-0.4, -0.2) is 25.1 Å². The minimum absolute atomic E-state index is 0.100. The molecule has 0 aliphatic rings. The van der Waals surface area contributed by atoms with Crippen LogP contribution in [0.4, 0.5) is 17.2 Å². The Morgan fingerprint density at radius 1 is 0.929 bits per heavy atom. The number of benzene rings is 2. The Hall–Kier alpha value is -3.54. The molecule has 2 aromatic carbocycles. The highest BCUT2D eigenvalue weighted by atomic mass is 16.5. The quantitative estimate of drug-likeness (QED) is 0.641. The number of methoxy groups -OCH3 is 2. The average molecular weight is 377 g/mol. The molecule has 28 heavy (non-hydrogen) atoms. The van der Waals surface area contributed by atoms with Crippen molar-refractivity contribution in [1.82, 2.24) is 4.98 Å². The molecular weight excluding hydrogens is 354 g/mol. The van der Waals surface area contributed by atoms with E-state index >= 15 is 0 Å². The van der Waals surface area contributed by atoms with E-state index < -0.39 is 0 Å². The summed E-state index contributed by atoms with van der Waals surface area (Å²) in [5, 5.41) is 6.06. The number of rotatable bonds is 7. The standard InChI is InChI=1S/C22H23N3O3/c1-15-4-6-16(7-5-15)12-22(26)25-21-11-9-18(14-23-21)24-17-8-10-19(27-2)20(13-17)28-3/h4-11,13-14,24H,12H2,1-3H3,(H,23,25,26). The first kappa shape index (κ1) is 19.2. The Morgan fingerprint density at radius 3 is 2.29 bits per heavy atom. The first-order chi connectivity index (χ1) is 13.6. The maximum Gasteiger partial charge on any atom is 0.229 e. The van der Waals surface area contributed by atoms with Crippen molar-refractivity contribution in [1.29, 1.82) is 0 Å². The topological polar surface area (TPSA) is 72.5 Å². The number of amides is 1. The number of nitrogens with one attached hydrogen (secondary N) is 2. The highest BCUT2D eigenvalue weighted by molar-refractivity contribution is 5.91. The number of pyridine rings is 1. The predicted molar refractivity (Wildman–Crippen MR) is 111 cm³/mol. The van der Waals surface area contributed by atoms with Crippen LogP contribution in [0.3, 0.4) is 0 Å². The van der Waals surface area contributed by atoms with E-state index in [0.29, 0.717) is 23.7 Å². The summed E-state index contributed by atoms with van der Waals surface area (Å²) in [7, 11) is 3.19. The van der Waals surface area contributed by atoms with Gasteiger partial charge in [0, 0.05) is 11.8 Å². The summed E-state index contributed by atoms with van der Waals surface area (Å²) in [5.74, 6) is 1.71. The SMILES string of the molecule is COc1ccc(Nc2ccc(NC(=O)Cc3ccc(C)cc3)nc2)cc1OC. The Bertz CT molecular complexity index is 938. The highest BCUT2D eigenvalue weighted by Gasteiger charge is 2.07. The van der Waals surface area contributed by atoms with Crippen molar-refractivity contribution >= 4 is 23.1 Å². The van der Waals surface area contributed by atoms with Crippen LogP contribution in [0.1, 0.15) is 11.1 Å². The van der Waals surface area contributed by atoms with Gasteiger partial charge in [-0.25, -0.2) is 4.98 Å². The fraction of sp³-hybridized carbons (Fsp3) is 0.182. The van der Waals surface area contributed by atoms with Crippen LogP contribution in [0.2, 0.25) is 0 Å². The Kier molecular flexibility index (Phi) is 6.11. The zero-order valence-electron chi connectivity index (χ0n) is 16.2. The lowest BCUT2D eigenvalue weighted by molar-refractivity contribution is -0.115. The molecule has 0 radical (unpaired) electrons. The second-order valence-electron chi connectivity index (χ2n) is 6.34. The molecular formula is C22H23N3O3. The van der Waals surface area contributed by atoms with E-state index in [4.69, 9.17) is 9.47 Å². The number of carbonyl (C=O) groups is 1. The van der Waals surface area contributed by atoms with Gasteiger partial charge in [0.05, 0.1) is 32.5 Å². The van der Waals surface area contributed by atoms with Crippen molar-refractivity contribution < 1.29 is 14.3 Å². The first-order valence-corrected chi connectivity index (χ1v) is 8.88. The molecule has 0 bridgehead atoms. The van der Waals surface area contributed by atoms with E-state index in [0.717, 1.165) is 16.9 Å². The van der Waals surface area contributed by atoms with Gasteiger partial charge in [-0.2, -0.15) is 0 Å². The number of aryl methyl sites for hydroxylation is 1. The van der Waals surface area contributed by atoms with Crippen molar-refractivity contribution in [3.05, 3.63) is 71.9 Å². The van der Waals surface area contributed by atoms with Gasteiger partial charge in [-0.15, -0.1) is 0 Å². The highest BCUT2D eigenvalue weighted by Crippen LogP contribution is 2.31. The van der Waals surface area contributed by atoms with E-state index in [9.17, 15) is 4.79 Å². The normalized spacial score (nSPS) is 10.2. The molecule has 1 heterocycles. The molecule has 0 saturated heterocycles. The van der Waals surface area contributed by atoms with Gasteiger partial charge in [0.25, 0.3) is 0 Å². The van der Waals surface area contributed by atoms with Crippen LogP contribution in [0.25, 0.3) is 0 Å². The molecule has 0 aliphatic heterocycles. The monoisotopic (exact) mass is 377 g/mol. The summed E-state index contributed by atoms with van der Waals surface area (Å²) in [6.07, 6.45) is 1.98. The molecule has 1 aromatic heterocycles. The van der Waals surface area contributed by atoms with Crippen LogP contribution < -0.4 is 20.1 Å². The van der Waals surface area contributed by atoms with Crippen LogP contribution >= 0.6 is 0 Å². The number of carbonyl (C=O) groups excluding carboxylic acids is 1. The van der Waals surface area contributed by atoms with E-state index in [2.05, 4.69) is 15.6 Å². The fourth-order valence-electron chi connectivity index (χ4n) is 2.70. The largest absolute Gasteiger partial charge is 0.493 e. The molecule has 0 saturated carbocycles. The third-order valence-corrected chi connectivity index (χ3v) is 4.19. The number of hydrogen-bond acceptors (Lipinski definition) is 5. The van der Waals surface area contributed by atoms with Crippen molar-refractivity contribution in [3.8, 4) is 11.5 Å². The van der Waals surface area contributed by atoms with Crippen LogP contribution in [0.5, 0.6) is 11.5 Å². The molecule has 144 valence electrons. The predicted octanol–water partition coefficient (Wildman–Crippen LogP) is 4.33. The number of ether oxygens (including phenoxy) is 2. The second kappa shape index (κ2) is 8.90. The third kappa shape index (κ3) is 5.01. The summed E-state index contributed by atoms with van der Waals surface area (Å²) in [6, 6.07) is 17.1. The molecule has 0 unspecified atom stereocenters. The number of hydrogen-bond donors (Lipinski definition) is 2. The second-order valence-corrected chi connectivity index (χ2v) is 6.34.